The second kappa shape index (κ2) is 4.37. The first-order valence-corrected chi connectivity index (χ1v) is 5.27. The summed E-state index contributed by atoms with van der Waals surface area (Å²) in [6.07, 6.45) is 2.69. The van der Waals surface area contributed by atoms with Crippen LogP contribution in [-0.2, 0) is 0 Å². The zero-order valence-corrected chi connectivity index (χ0v) is 9.04. The van der Waals surface area contributed by atoms with Gasteiger partial charge in [-0.2, -0.15) is 4.39 Å². The summed E-state index contributed by atoms with van der Waals surface area (Å²) in [7, 11) is 0. The first-order valence-electron chi connectivity index (χ1n) is 5.27. The lowest BCUT2D eigenvalue weighted by molar-refractivity contribution is 0.0929. The molecule has 4 nitrogen and oxygen atoms in total. The first kappa shape index (κ1) is 11.9. The normalized spacial score (nSPS) is 16.6. The van der Waals surface area contributed by atoms with Gasteiger partial charge in [0.05, 0.1) is 12.2 Å². The molecule has 6 heteroatoms. The van der Waals surface area contributed by atoms with Crippen LogP contribution in [0.3, 0.4) is 0 Å². The fraction of sp³-hybridized carbons (Fsp3) is 0.455. The highest BCUT2D eigenvalue weighted by Crippen LogP contribution is 2.44. The summed E-state index contributed by atoms with van der Waals surface area (Å²) in [5.41, 5.74) is -0.635. The molecule has 0 unspecified atom stereocenters. The Morgan fingerprint density at radius 3 is 2.82 bits per heavy atom. The van der Waals surface area contributed by atoms with Gasteiger partial charge in [-0.25, -0.2) is 9.37 Å². The van der Waals surface area contributed by atoms with Gasteiger partial charge in [-0.3, -0.25) is 4.79 Å². The molecule has 92 valence electrons. The Balaban J connectivity index is 2.02. The summed E-state index contributed by atoms with van der Waals surface area (Å²) in [4.78, 5) is 14.7. The number of hydrogen-bond donors (Lipinski definition) is 2. The van der Waals surface area contributed by atoms with Gasteiger partial charge < -0.3 is 10.4 Å². The van der Waals surface area contributed by atoms with E-state index in [0.717, 1.165) is 25.1 Å². The molecule has 0 saturated heterocycles. The van der Waals surface area contributed by atoms with E-state index in [4.69, 9.17) is 5.11 Å². The van der Waals surface area contributed by atoms with Crippen molar-refractivity contribution in [1.82, 2.24) is 10.3 Å². The highest BCUT2D eigenvalue weighted by atomic mass is 19.2. The van der Waals surface area contributed by atoms with Gasteiger partial charge in [0, 0.05) is 18.2 Å². The average molecular weight is 242 g/mol. The fourth-order valence-corrected chi connectivity index (χ4v) is 1.52. The number of halogens is 2. The van der Waals surface area contributed by atoms with Crippen LogP contribution in [0.2, 0.25) is 0 Å². The SMILES string of the molecule is O=C(NCC1(CO)CC1)c1ccnc(F)c1F. The number of rotatable bonds is 4. The van der Waals surface area contributed by atoms with Crippen molar-refractivity contribution < 1.29 is 18.7 Å². The van der Waals surface area contributed by atoms with E-state index in [1.165, 1.54) is 0 Å². The van der Waals surface area contributed by atoms with E-state index < -0.39 is 17.7 Å². The quantitative estimate of drug-likeness (QED) is 0.770. The van der Waals surface area contributed by atoms with E-state index in [2.05, 4.69) is 10.3 Å². The van der Waals surface area contributed by atoms with Crippen LogP contribution in [0.4, 0.5) is 8.78 Å². The van der Waals surface area contributed by atoms with Crippen LogP contribution in [0.5, 0.6) is 0 Å². The molecule has 1 saturated carbocycles. The van der Waals surface area contributed by atoms with Crippen LogP contribution in [-0.4, -0.2) is 29.1 Å². The third kappa shape index (κ3) is 2.41. The first-order chi connectivity index (χ1) is 8.08. The molecule has 0 atom stereocenters. The van der Waals surface area contributed by atoms with Crippen molar-refractivity contribution in [2.24, 2.45) is 5.41 Å². The van der Waals surface area contributed by atoms with Crippen LogP contribution in [0.1, 0.15) is 23.2 Å². The van der Waals surface area contributed by atoms with Crippen molar-refractivity contribution in [3.63, 3.8) is 0 Å². The molecule has 0 bridgehead atoms. The highest BCUT2D eigenvalue weighted by Gasteiger charge is 2.42. The lowest BCUT2D eigenvalue weighted by atomic mass is 10.1. The highest BCUT2D eigenvalue weighted by molar-refractivity contribution is 5.94. The lowest BCUT2D eigenvalue weighted by Gasteiger charge is -2.12. The number of aromatic nitrogens is 1. The summed E-state index contributed by atoms with van der Waals surface area (Å²) in [5, 5.41) is 11.5. The number of aliphatic hydroxyl groups is 1. The van der Waals surface area contributed by atoms with E-state index in [9.17, 15) is 13.6 Å². The van der Waals surface area contributed by atoms with E-state index in [-0.39, 0.29) is 24.1 Å². The Labute approximate surface area is 96.7 Å². The molecular formula is C11H12F2N2O2. The van der Waals surface area contributed by atoms with Crippen molar-refractivity contribution in [1.29, 1.82) is 0 Å². The number of hydrogen-bond acceptors (Lipinski definition) is 3. The zero-order valence-electron chi connectivity index (χ0n) is 9.04. The van der Waals surface area contributed by atoms with Gasteiger partial charge in [0.1, 0.15) is 0 Å². The molecule has 2 rings (SSSR count). The Morgan fingerprint density at radius 2 is 2.24 bits per heavy atom. The molecule has 2 N–H and O–H groups in total. The van der Waals surface area contributed by atoms with Crippen LogP contribution in [0, 0.1) is 17.2 Å². The molecule has 1 heterocycles. The van der Waals surface area contributed by atoms with E-state index >= 15 is 0 Å². The second-order valence-corrected chi connectivity index (χ2v) is 4.30. The molecule has 1 aromatic rings. The van der Waals surface area contributed by atoms with Crippen molar-refractivity contribution in [3.05, 3.63) is 29.6 Å². The predicted octanol–water partition coefficient (Wildman–Crippen LogP) is 0.862. The molecule has 1 aromatic heterocycles. The summed E-state index contributed by atoms with van der Waals surface area (Å²) >= 11 is 0. The molecule has 0 spiro atoms. The Hall–Kier alpha value is -1.56. The topological polar surface area (TPSA) is 62.2 Å². The molecule has 0 radical (unpaired) electrons. The Bertz CT molecular complexity index is 447. The number of nitrogens with one attached hydrogen (secondary N) is 1. The summed E-state index contributed by atoms with van der Waals surface area (Å²) < 4.78 is 26.0. The van der Waals surface area contributed by atoms with Gasteiger partial charge in [-0.1, -0.05) is 0 Å². The van der Waals surface area contributed by atoms with Crippen LogP contribution in [0.15, 0.2) is 12.3 Å². The maximum atomic E-state index is 13.2. The third-order valence-corrected chi connectivity index (χ3v) is 3.01. The van der Waals surface area contributed by atoms with E-state index in [1.807, 2.05) is 0 Å². The molecule has 1 amide bonds. The minimum absolute atomic E-state index is 0.0134. The minimum Gasteiger partial charge on any atom is -0.396 e. The second-order valence-electron chi connectivity index (χ2n) is 4.30. The average Bonchev–Trinajstić information content (AvgIpc) is 3.10. The summed E-state index contributed by atoms with van der Waals surface area (Å²) in [6, 6.07) is 1.12. The van der Waals surface area contributed by atoms with Crippen molar-refractivity contribution in [3.8, 4) is 0 Å². The largest absolute Gasteiger partial charge is 0.396 e. The van der Waals surface area contributed by atoms with Gasteiger partial charge in [0.25, 0.3) is 5.91 Å². The number of carbonyl (C=O) groups is 1. The molecule has 1 aliphatic rings. The lowest BCUT2D eigenvalue weighted by Crippen LogP contribution is -2.32. The van der Waals surface area contributed by atoms with E-state index in [0.29, 0.717) is 0 Å². The van der Waals surface area contributed by atoms with Crippen LogP contribution >= 0.6 is 0 Å². The number of nitrogens with zero attached hydrogens (tertiary/aromatic N) is 1. The molecule has 0 aliphatic heterocycles. The van der Waals surface area contributed by atoms with Gasteiger partial charge in [-0.05, 0) is 18.9 Å². The van der Waals surface area contributed by atoms with E-state index in [1.54, 1.807) is 0 Å². The number of amides is 1. The summed E-state index contributed by atoms with van der Waals surface area (Å²) in [6.45, 7) is 0.256. The smallest absolute Gasteiger partial charge is 0.254 e. The maximum absolute atomic E-state index is 13.2. The Morgan fingerprint density at radius 1 is 1.53 bits per heavy atom. The Kier molecular flexibility index (Phi) is 3.06. The van der Waals surface area contributed by atoms with Gasteiger partial charge in [0.2, 0.25) is 5.95 Å². The predicted molar refractivity (Wildman–Crippen MR) is 55.2 cm³/mol. The monoisotopic (exact) mass is 242 g/mol. The van der Waals surface area contributed by atoms with Crippen LogP contribution < -0.4 is 5.32 Å². The number of pyridine rings is 1. The van der Waals surface area contributed by atoms with Crippen LogP contribution in [0.25, 0.3) is 0 Å². The molecule has 0 aromatic carbocycles. The molecule has 17 heavy (non-hydrogen) atoms. The number of carbonyl (C=O) groups excluding carboxylic acids is 1. The zero-order chi connectivity index (χ0) is 12.5. The molecular weight excluding hydrogens is 230 g/mol. The number of aliphatic hydroxyl groups excluding tert-OH is 1. The summed E-state index contributed by atoms with van der Waals surface area (Å²) in [5.74, 6) is -3.23. The van der Waals surface area contributed by atoms with Gasteiger partial charge in [-0.15, -0.1) is 0 Å². The van der Waals surface area contributed by atoms with Crippen molar-refractivity contribution in [2.75, 3.05) is 13.2 Å². The standard InChI is InChI=1S/C11H12F2N2O2/c12-8-7(1-4-14-9(8)13)10(17)15-5-11(6-16)2-3-11/h1,4,16H,2-3,5-6H2,(H,15,17). The van der Waals surface area contributed by atoms with Crippen molar-refractivity contribution >= 4 is 5.91 Å². The maximum Gasteiger partial charge on any atom is 0.254 e. The molecule has 1 aliphatic carbocycles. The third-order valence-electron chi connectivity index (χ3n) is 3.01. The van der Waals surface area contributed by atoms with Gasteiger partial charge in [0.15, 0.2) is 5.82 Å². The minimum atomic E-state index is -1.29. The molecule has 1 fully saturated rings. The van der Waals surface area contributed by atoms with Gasteiger partial charge >= 0.3 is 0 Å². The fourth-order valence-electron chi connectivity index (χ4n) is 1.52. The van der Waals surface area contributed by atoms with Crippen molar-refractivity contribution in [2.45, 2.75) is 12.8 Å².